The topological polar surface area (TPSA) is 113 Å². The van der Waals surface area contributed by atoms with E-state index in [4.69, 9.17) is 14.2 Å². The molecule has 9 heteroatoms. The van der Waals surface area contributed by atoms with Crippen LogP contribution in [0.4, 0.5) is 5.13 Å². The number of nitrogens with one attached hydrogen (secondary N) is 1. The molecule has 40 heavy (non-hydrogen) atoms. The van der Waals surface area contributed by atoms with Crippen molar-refractivity contribution in [3.8, 4) is 28.4 Å². The average Bonchev–Trinajstić information content (AvgIpc) is 3.43. The summed E-state index contributed by atoms with van der Waals surface area (Å²) in [4.78, 5) is 27.9. The van der Waals surface area contributed by atoms with Crippen molar-refractivity contribution in [3.63, 3.8) is 0 Å². The van der Waals surface area contributed by atoms with Gasteiger partial charge >= 0.3 is 0 Å². The number of carbonyl (C=O) groups is 2. The standard InChI is InChI=1S/C28H28N2O4S.C3H7NO/c1-18(19-10-12-21(13-11-19)20-8-6-5-7-9-20)27(31)30-28-29-17-23(35-28)16-22-14-15-24(32-2)26(34-4)25(22)33-3;1-2-3(4)5/h5-15,17-18H,16H2,1-4H3,(H,29,30,31);2H2,1H3,(H2,4,5). The predicted octanol–water partition coefficient (Wildman–Crippen LogP) is 6.05. The molecule has 0 aliphatic rings. The van der Waals surface area contributed by atoms with E-state index < -0.39 is 0 Å². The summed E-state index contributed by atoms with van der Waals surface area (Å²) in [5.74, 6) is 1.14. The van der Waals surface area contributed by atoms with Gasteiger partial charge in [0, 0.05) is 29.5 Å². The zero-order chi connectivity index (χ0) is 29.1. The molecule has 0 radical (unpaired) electrons. The van der Waals surface area contributed by atoms with Crippen LogP contribution in [0.15, 0.2) is 72.9 Å². The molecule has 8 nitrogen and oxygen atoms in total. The monoisotopic (exact) mass is 561 g/mol. The van der Waals surface area contributed by atoms with E-state index in [0.29, 0.717) is 35.2 Å². The minimum atomic E-state index is -0.307. The normalized spacial score (nSPS) is 11.0. The Kier molecular flexibility index (Phi) is 11.1. The molecular weight excluding hydrogens is 526 g/mol. The summed E-state index contributed by atoms with van der Waals surface area (Å²) in [5, 5.41) is 3.52. The van der Waals surface area contributed by atoms with Crippen LogP contribution in [0.2, 0.25) is 0 Å². The molecule has 2 amide bonds. The van der Waals surface area contributed by atoms with E-state index >= 15 is 0 Å². The minimum Gasteiger partial charge on any atom is -0.493 e. The van der Waals surface area contributed by atoms with E-state index in [2.05, 4.69) is 28.2 Å². The first-order valence-corrected chi connectivity index (χ1v) is 13.6. The highest BCUT2D eigenvalue weighted by Crippen LogP contribution is 2.41. The molecule has 0 aliphatic carbocycles. The van der Waals surface area contributed by atoms with Gasteiger partial charge in [-0.15, -0.1) is 11.3 Å². The second-order valence-corrected chi connectivity index (χ2v) is 9.94. The Bertz CT molecular complexity index is 1400. The Morgan fingerprint density at radius 3 is 2.10 bits per heavy atom. The fraction of sp³-hybridized carbons (Fsp3) is 0.258. The molecule has 210 valence electrons. The molecule has 0 bridgehead atoms. The summed E-state index contributed by atoms with van der Waals surface area (Å²) in [7, 11) is 4.78. The number of nitrogens with two attached hydrogens (primary N) is 1. The van der Waals surface area contributed by atoms with Gasteiger partial charge in [-0.1, -0.05) is 67.6 Å². The largest absolute Gasteiger partial charge is 0.493 e. The Hall–Kier alpha value is -4.37. The van der Waals surface area contributed by atoms with Crippen LogP contribution in [0.3, 0.4) is 0 Å². The molecule has 0 fully saturated rings. The molecule has 0 spiro atoms. The quantitative estimate of drug-likeness (QED) is 0.244. The number of carbonyl (C=O) groups excluding carboxylic acids is 2. The van der Waals surface area contributed by atoms with Gasteiger partial charge in [0.15, 0.2) is 16.6 Å². The summed E-state index contributed by atoms with van der Waals surface area (Å²) in [6, 6.07) is 22.1. The van der Waals surface area contributed by atoms with Gasteiger partial charge in [-0.2, -0.15) is 0 Å². The van der Waals surface area contributed by atoms with Gasteiger partial charge in [0.2, 0.25) is 17.6 Å². The summed E-state index contributed by atoms with van der Waals surface area (Å²) in [6.07, 6.45) is 2.81. The molecule has 1 heterocycles. The number of aromatic nitrogens is 1. The van der Waals surface area contributed by atoms with Gasteiger partial charge in [0.25, 0.3) is 0 Å². The van der Waals surface area contributed by atoms with Crippen molar-refractivity contribution in [3.05, 3.63) is 88.9 Å². The number of primary amides is 1. The molecule has 4 rings (SSSR count). The number of hydrogen-bond acceptors (Lipinski definition) is 7. The second kappa shape index (κ2) is 14.7. The van der Waals surface area contributed by atoms with E-state index in [-0.39, 0.29) is 17.7 Å². The lowest BCUT2D eigenvalue weighted by molar-refractivity contribution is -0.118. The first-order chi connectivity index (χ1) is 19.3. The Labute approximate surface area is 239 Å². The average molecular weight is 562 g/mol. The lowest BCUT2D eigenvalue weighted by Crippen LogP contribution is -2.18. The third-order valence-corrected chi connectivity index (χ3v) is 7.11. The van der Waals surface area contributed by atoms with Gasteiger partial charge < -0.3 is 25.3 Å². The highest BCUT2D eigenvalue weighted by atomic mass is 32.1. The molecule has 0 saturated heterocycles. The fourth-order valence-corrected chi connectivity index (χ4v) is 4.74. The van der Waals surface area contributed by atoms with Crippen LogP contribution in [0, 0.1) is 0 Å². The Morgan fingerprint density at radius 1 is 0.900 bits per heavy atom. The molecule has 4 aromatic rings. The van der Waals surface area contributed by atoms with Crippen LogP contribution in [0.25, 0.3) is 11.1 Å². The maximum atomic E-state index is 12.9. The van der Waals surface area contributed by atoms with Gasteiger partial charge in [0.1, 0.15) is 0 Å². The van der Waals surface area contributed by atoms with Crippen molar-refractivity contribution in [1.82, 2.24) is 4.98 Å². The van der Waals surface area contributed by atoms with Gasteiger partial charge in [-0.25, -0.2) is 4.98 Å². The minimum absolute atomic E-state index is 0.0953. The first-order valence-electron chi connectivity index (χ1n) is 12.8. The molecular formula is C31H35N3O5S. The Balaban J connectivity index is 0.000000810. The van der Waals surface area contributed by atoms with E-state index in [1.54, 1.807) is 34.4 Å². The van der Waals surface area contributed by atoms with Gasteiger partial charge in [-0.3, -0.25) is 9.59 Å². The van der Waals surface area contributed by atoms with E-state index in [0.717, 1.165) is 27.1 Å². The maximum absolute atomic E-state index is 12.9. The number of benzene rings is 3. The zero-order valence-electron chi connectivity index (χ0n) is 23.4. The van der Waals surface area contributed by atoms with Crippen LogP contribution < -0.4 is 25.3 Å². The summed E-state index contributed by atoms with van der Waals surface area (Å²) >= 11 is 1.44. The van der Waals surface area contributed by atoms with E-state index in [9.17, 15) is 9.59 Å². The summed E-state index contributed by atoms with van der Waals surface area (Å²) < 4.78 is 16.4. The third kappa shape index (κ3) is 7.83. The lowest BCUT2D eigenvalue weighted by atomic mass is 9.97. The van der Waals surface area contributed by atoms with Crippen LogP contribution in [-0.4, -0.2) is 38.1 Å². The smallest absolute Gasteiger partial charge is 0.233 e. The number of hydrogen-bond donors (Lipinski definition) is 2. The van der Waals surface area contributed by atoms with Crippen molar-refractivity contribution in [1.29, 1.82) is 0 Å². The fourth-order valence-electron chi connectivity index (χ4n) is 3.90. The predicted molar refractivity (Wildman–Crippen MR) is 159 cm³/mol. The first kappa shape index (κ1) is 30.2. The van der Waals surface area contributed by atoms with Crippen molar-refractivity contribution >= 4 is 28.3 Å². The van der Waals surface area contributed by atoms with E-state index in [1.807, 2.05) is 61.5 Å². The van der Waals surface area contributed by atoms with E-state index in [1.165, 1.54) is 11.3 Å². The molecule has 3 N–H and O–H groups in total. The van der Waals surface area contributed by atoms with Crippen LogP contribution >= 0.6 is 11.3 Å². The SMILES string of the molecule is CCC(N)=O.COc1ccc(Cc2cnc(NC(=O)C(C)c3ccc(-c4ccccc4)cc3)s2)c(OC)c1OC. The number of nitrogens with zero attached hydrogens (tertiary/aromatic N) is 1. The molecule has 0 aliphatic heterocycles. The summed E-state index contributed by atoms with van der Waals surface area (Å²) in [6.45, 7) is 3.62. The number of ether oxygens (including phenoxy) is 3. The molecule has 1 aromatic heterocycles. The van der Waals surface area contributed by atoms with Crippen LogP contribution in [0.1, 0.15) is 42.2 Å². The third-order valence-electron chi connectivity index (χ3n) is 6.19. The van der Waals surface area contributed by atoms with Crippen molar-refractivity contribution in [2.45, 2.75) is 32.6 Å². The highest BCUT2D eigenvalue weighted by Gasteiger charge is 2.19. The molecule has 3 aromatic carbocycles. The maximum Gasteiger partial charge on any atom is 0.233 e. The van der Waals surface area contributed by atoms with Gasteiger partial charge in [0.05, 0.1) is 27.2 Å². The van der Waals surface area contributed by atoms with Crippen LogP contribution in [-0.2, 0) is 16.0 Å². The number of rotatable bonds is 10. The summed E-state index contributed by atoms with van der Waals surface area (Å²) in [5.41, 5.74) is 8.82. The highest BCUT2D eigenvalue weighted by molar-refractivity contribution is 7.15. The van der Waals surface area contributed by atoms with Crippen molar-refractivity contribution in [2.75, 3.05) is 26.6 Å². The molecule has 0 saturated carbocycles. The van der Waals surface area contributed by atoms with Gasteiger partial charge in [-0.05, 0) is 29.7 Å². The molecule has 1 unspecified atom stereocenters. The molecule has 1 atom stereocenters. The zero-order valence-corrected chi connectivity index (χ0v) is 24.2. The lowest BCUT2D eigenvalue weighted by Gasteiger charge is -2.15. The second-order valence-electron chi connectivity index (χ2n) is 8.82. The van der Waals surface area contributed by atoms with Crippen molar-refractivity contribution < 1.29 is 23.8 Å². The number of anilines is 1. The van der Waals surface area contributed by atoms with Crippen molar-refractivity contribution in [2.24, 2.45) is 5.73 Å². The number of methoxy groups -OCH3 is 3. The number of thiazole rings is 1. The Morgan fingerprint density at radius 2 is 1.52 bits per heavy atom. The number of amides is 2. The van der Waals surface area contributed by atoms with Crippen LogP contribution in [0.5, 0.6) is 17.2 Å².